The topological polar surface area (TPSA) is 77.3 Å². The van der Waals surface area contributed by atoms with Crippen LogP contribution >= 0.6 is 0 Å². The van der Waals surface area contributed by atoms with Gasteiger partial charge in [-0.2, -0.15) is 0 Å². The van der Waals surface area contributed by atoms with Crippen molar-refractivity contribution < 1.29 is 0 Å². The lowest BCUT2D eigenvalue weighted by Crippen LogP contribution is -2.43. The summed E-state index contributed by atoms with van der Waals surface area (Å²) in [5, 5.41) is 10.2. The van der Waals surface area contributed by atoms with E-state index in [9.17, 15) is 0 Å². The van der Waals surface area contributed by atoms with E-state index < -0.39 is 0 Å². The van der Waals surface area contributed by atoms with Crippen molar-refractivity contribution >= 4 is 43.1 Å². The molecule has 6 heteroatoms. The van der Waals surface area contributed by atoms with Crippen LogP contribution in [0.5, 0.6) is 0 Å². The lowest BCUT2D eigenvalue weighted by Gasteiger charge is -2.48. The smallest absolute Gasteiger partial charge is 0.164 e. The fourth-order valence-electron chi connectivity index (χ4n) is 15.6. The molecule has 0 radical (unpaired) electrons. The molecule has 0 saturated heterocycles. The maximum Gasteiger partial charge on any atom is 0.164 e. The van der Waals surface area contributed by atoms with Crippen LogP contribution in [-0.2, 0) is 21.7 Å². The quantitative estimate of drug-likeness (QED) is 0.141. The van der Waals surface area contributed by atoms with Crippen LogP contribution in [-0.4, -0.2) is 29.9 Å². The molecule has 0 saturated carbocycles. The summed E-state index contributed by atoms with van der Waals surface area (Å²) in [6, 6.07) is 108. The van der Waals surface area contributed by atoms with Gasteiger partial charge in [0.2, 0.25) is 0 Å². The summed E-state index contributed by atoms with van der Waals surface area (Å²) in [4.78, 5) is 29.6. The van der Waals surface area contributed by atoms with Crippen molar-refractivity contribution in [3.8, 4) is 113 Å². The molecule has 6 nitrogen and oxygen atoms in total. The Kier molecular flexibility index (Phi) is 14.8. The van der Waals surface area contributed by atoms with Crippen molar-refractivity contribution in [2.24, 2.45) is 0 Å². The van der Waals surface area contributed by atoms with Crippen LogP contribution in [0.2, 0.25) is 0 Å². The van der Waals surface area contributed by atoms with Crippen molar-refractivity contribution in [1.29, 1.82) is 0 Å². The summed E-state index contributed by atoms with van der Waals surface area (Å²) < 4.78 is 0. The SMILES string of the molecule is CC1(C)c2ccccc2-c2c(ccc3c2ccc2ccc(-c4ccc(-c5nc(-c6ccccc6)nc(-c6ccccc6)n5)cc4)cc23)C1(C)C.CC1(C)c2ccccc2-c2c(ccc3c2ccc2ccc(-c4cccc(-c5nc(-c6ccccc6)nc(-c6ccccc6)n5)c4)cc23)C1(C)C. The van der Waals surface area contributed by atoms with Gasteiger partial charge in [0.15, 0.2) is 34.9 Å². The molecule has 18 rings (SSSR count). The van der Waals surface area contributed by atoms with Crippen molar-refractivity contribution in [2.75, 3.05) is 0 Å². The monoisotopic (exact) mass is 1290 g/mol. The van der Waals surface area contributed by atoms with E-state index in [0.29, 0.717) is 34.9 Å². The predicted octanol–water partition coefficient (Wildman–Crippen LogP) is 24.2. The highest BCUT2D eigenvalue weighted by Crippen LogP contribution is 2.58. The van der Waals surface area contributed by atoms with Gasteiger partial charge in [-0.3, -0.25) is 0 Å². The van der Waals surface area contributed by atoms with Gasteiger partial charge in [-0.1, -0.05) is 341 Å². The van der Waals surface area contributed by atoms with Crippen molar-refractivity contribution in [3.63, 3.8) is 0 Å². The van der Waals surface area contributed by atoms with E-state index in [1.165, 1.54) is 93.2 Å². The van der Waals surface area contributed by atoms with Gasteiger partial charge in [0, 0.05) is 33.4 Å². The Morgan fingerprint density at radius 2 is 0.450 bits per heavy atom. The minimum absolute atomic E-state index is 0.00154. The Labute approximate surface area is 584 Å². The Balaban J connectivity index is 0.000000150. The molecular formula is C94H74N6. The molecule has 0 unspecified atom stereocenters. The molecule has 2 aliphatic rings. The van der Waals surface area contributed by atoms with Gasteiger partial charge in [-0.15, -0.1) is 0 Å². The van der Waals surface area contributed by atoms with Gasteiger partial charge < -0.3 is 0 Å². The van der Waals surface area contributed by atoms with E-state index in [-0.39, 0.29) is 21.7 Å². The molecule has 16 aromatic rings. The van der Waals surface area contributed by atoms with Crippen molar-refractivity contribution in [3.05, 3.63) is 326 Å². The number of rotatable bonds is 8. The van der Waals surface area contributed by atoms with Gasteiger partial charge in [0.05, 0.1) is 0 Å². The third-order valence-corrected chi connectivity index (χ3v) is 22.6. The second-order valence-electron chi connectivity index (χ2n) is 29.0. The summed E-state index contributed by atoms with van der Waals surface area (Å²) in [6.45, 7) is 19.2. The lowest BCUT2D eigenvalue weighted by molar-refractivity contribution is 0.299. The number of aromatic nitrogens is 6. The lowest BCUT2D eigenvalue weighted by atomic mass is 9.55. The standard InChI is InChI=1S/2C47H37N3/c1-46(2)40-21-12-11-20-38(40)42-37-25-24-30-22-23-34(29-39(30)36(37)26-27-41(42)47(46,3)4)33-18-13-19-35(28-33)45-49-43(31-14-7-5-8-15-31)48-44(50-45)32-16-9-6-10-17-32;1-46(2)40-18-12-11-17-38(40)42-37-26-25-31-21-24-35(29-39(31)36(37)27-28-41(42)47(46,3)4)30-19-22-34(23-20-30)45-49-43(32-13-7-5-8-14-32)48-44(50-45)33-15-9-6-10-16-33/h2*5-29H,1-4H3. The molecule has 0 atom stereocenters. The van der Waals surface area contributed by atoms with Gasteiger partial charge in [-0.25, -0.2) is 29.9 Å². The van der Waals surface area contributed by atoms with E-state index >= 15 is 0 Å². The highest BCUT2D eigenvalue weighted by molar-refractivity contribution is 6.16. The first kappa shape index (κ1) is 61.7. The molecule has 0 fully saturated rings. The molecule has 0 amide bonds. The Morgan fingerprint density at radius 1 is 0.180 bits per heavy atom. The van der Waals surface area contributed by atoms with Crippen molar-refractivity contribution in [2.45, 2.75) is 77.0 Å². The van der Waals surface area contributed by atoms with E-state index in [2.05, 4.69) is 237 Å². The van der Waals surface area contributed by atoms with Gasteiger partial charge >= 0.3 is 0 Å². The second kappa shape index (κ2) is 24.0. The van der Waals surface area contributed by atoms with Crippen LogP contribution in [0.25, 0.3) is 156 Å². The zero-order chi connectivity index (χ0) is 68.1. The molecule has 14 aromatic carbocycles. The number of benzene rings is 14. The highest BCUT2D eigenvalue weighted by atomic mass is 15.0. The molecule has 0 aliphatic heterocycles. The minimum Gasteiger partial charge on any atom is -0.208 e. The van der Waals surface area contributed by atoms with Crippen LogP contribution < -0.4 is 0 Å². The number of hydrogen-bond acceptors (Lipinski definition) is 6. The molecule has 0 spiro atoms. The zero-order valence-electron chi connectivity index (χ0n) is 57.6. The summed E-state index contributed by atoms with van der Waals surface area (Å²) in [7, 11) is 0. The predicted molar refractivity (Wildman–Crippen MR) is 416 cm³/mol. The number of fused-ring (bicyclic) bond motifs is 14. The number of nitrogens with zero attached hydrogens (tertiary/aromatic N) is 6. The molecular weight excluding hydrogens is 1210 g/mol. The number of hydrogen-bond donors (Lipinski definition) is 0. The second-order valence-corrected chi connectivity index (χ2v) is 29.0. The maximum atomic E-state index is 4.98. The molecule has 2 aromatic heterocycles. The molecule has 480 valence electrons. The molecule has 2 aliphatic carbocycles. The highest BCUT2D eigenvalue weighted by Gasteiger charge is 2.47. The molecule has 2 heterocycles. The van der Waals surface area contributed by atoms with Gasteiger partial charge in [0.1, 0.15) is 0 Å². The van der Waals surface area contributed by atoms with Crippen LogP contribution in [0.1, 0.15) is 77.6 Å². The van der Waals surface area contributed by atoms with E-state index in [1.54, 1.807) is 0 Å². The van der Waals surface area contributed by atoms with Crippen LogP contribution in [0.15, 0.2) is 303 Å². The fourth-order valence-corrected chi connectivity index (χ4v) is 15.6. The Morgan fingerprint density at radius 3 is 0.850 bits per heavy atom. The van der Waals surface area contributed by atoms with Crippen molar-refractivity contribution in [1.82, 2.24) is 29.9 Å². The maximum absolute atomic E-state index is 4.98. The van der Waals surface area contributed by atoms with Crippen LogP contribution in [0.3, 0.4) is 0 Å². The summed E-state index contributed by atoms with van der Waals surface area (Å²) in [5.41, 5.74) is 21.4. The first-order valence-corrected chi connectivity index (χ1v) is 34.7. The first-order chi connectivity index (χ1) is 48.6. The largest absolute Gasteiger partial charge is 0.208 e. The van der Waals surface area contributed by atoms with E-state index in [4.69, 9.17) is 29.9 Å². The normalized spacial score (nSPS) is 14.3. The molecule has 100 heavy (non-hydrogen) atoms. The first-order valence-electron chi connectivity index (χ1n) is 34.7. The summed E-state index contributed by atoms with van der Waals surface area (Å²) in [6.07, 6.45) is 0. The fraction of sp³-hybridized carbons (Fsp3) is 0.128. The average molecular weight is 1290 g/mol. The average Bonchev–Trinajstić information content (AvgIpc) is 0.708. The Bertz CT molecular complexity index is 5760. The third kappa shape index (κ3) is 10.3. The van der Waals surface area contributed by atoms with Gasteiger partial charge in [0.25, 0.3) is 0 Å². The minimum atomic E-state index is -0.0299. The Hall–Kier alpha value is -11.9. The third-order valence-electron chi connectivity index (χ3n) is 22.6. The van der Waals surface area contributed by atoms with Crippen LogP contribution in [0.4, 0.5) is 0 Å². The van der Waals surface area contributed by atoms with Crippen LogP contribution in [0, 0.1) is 0 Å². The van der Waals surface area contributed by atoms with Gasteiger partial charge in [-0.05, 0) is 150 Å². The van der Waals surface area contributed by atoms with E-state index in [0.717, 1.165) is 50.1 Å². The summed E-state index contributed by atoms with van der Waals surface area (Å²) in [5.74, 6) is 3.96. The summed E-state index contributed by atoms with van der Waals surface area (Å²) >= 11 is 0. The van der Waals surface area contributed by atoms with E-state index in [1.807, 2.05) is 121 Å². The zero-order valence-corrected chi connectivity index (χ0v) is 57.6. The molecule has 0 bridgehead atoms. The molecule has 0 N–H and O–H groups in total.